The first-order chi connectivity index (χ1) is 10.8. The maximum Gasteiger partial charge on any atom is 0.225 e. The number of rotatable bonds is 9. The highest BCUT2D eigenvalue weighted by Gasteiger charge is 2.13. The van der Waals surface area contributed by atoms with E-state index in [-0.39, 0.29) is 0 Å². The van der Waals surface area contributed by atoms with Gasteiger partial charge in [-0.05, 0) is 25.3 Å². The third-order valence-electron chi connectivity index (χ3n) is 4.12. The van der Waals surface area contributed by atoms with Crippen LogP contribution in [0.1, 0.15) is 31.7 Å². The molecule has 2 rings (SSSR count). The second kappa shape index (κ2) is 9.54. The van der Waals surface area contributed by atoms with Crippen molar-refractivity contribution in [3.05, 3.63) is 30.6 Å². The number of anilines is 1. The molecule has 5 heteroatoms. The molecule has 1 atom stereocenters. The van der Waals surface area contributed by atoms with E-state index in [2.05, 4.69) is 33.7 Å². The molecule has 0 spiro atoms. The number of aromatic nitrogens is 2. The molecular weight excluding hydrogens is 276 g/mol. The molecule has 22 heavy (non-hydrogen) atoms. The number of nitrogens with zero attached hydrogens (tertiary/aromatic N) is 3. The van der Waals surface area contributed by atoms with Gasteiger partial charge >= 0.3 is 0 Å². The Labute approximate surface area is 133 Å². The Morgan fingerprint density at radius 2 is 2.09 bits per heavy atom. The quantitative estimate of drug-likeness (QED) is 0.561. The van der Waals surface area contributed by atoms with Crippen molar-refractivity contribution < 1.29 is 4.74 Å². The van der Waals surface area contributed by atoms with E-state index in [0.717, 1.165) is 63.2 Å². The van der Waals surface area contributed by atoms with E-state index in [1.165, 1.54) is 12.8 Å². The Kier molecular flexibility index (Phi) is 7.33. The van der Waals surface area contributed by atoms with Gasteiger partial charge in [0, 0.05) is 37.6 Å². The first-order valence-electron chi connectivity index (χ1n) is 8.28. The van der Waals surface area contributed by atoms with Crippen molar-refractivity contribution in [2.75, 3.05) is 37.7 Å². The number of hydrogen-bond donors (Lipinski definition) is 1. The zero-order chi connectivity index (χ0) is 15.6. The predicted molar refractivity (Wildman–Crippen MR) is 90.0 cm³/mol. The van der Waals surface area contributed by atoms with E-state index < -0.39 is 0 Å². The minimum atomic E-state index is 0.741. The van der Waals surface area contributed by atoms with Gasteiger partial charge < -0.3 is 15.0 Å². The number of allylic oxidation sites excluding steroid dienone is 1. The van der Waals surface area contributed by atoms with E-state index in [1.807, 2.05) is 18.5 Å². The van der Waals surface area contributed by atoms with Crippen LogP contribution in [0.3, 0.4) is 0 Å². The highest BCUT2D eigenvalue weighted by molar-refractivity contribution is 5.30. The van der Waals surface area contributed by atoms with Gasteiger partial charge in [-0.15, -0.1) is 6.58 Å². The topological polar surface area (TPSA) is 50.3 Å². The molecule has 2 heterocycles. The molecule has 0 bridgehead atoms. The van der Waals surface area contributed by atoms with Crippen LogP contribution in [0.4, 0.5) is 5.95 Å². The van der Waals surface area contributed by atoms with Crippen LogP contribution < -0.4 is 10.2 Å². The van der Waals surface area contributed by atoms with Crippen LogP contribution in [0.25, 0.3) is 0 Å². The summed E-state index contributed by atoms with van der Waals surface area (Å²) in [4.78, 5) is 11.1. The van der Waals surface area contributed by atoms with Gasteiger partial charge in [-0.2, -0.15) is 0 Å². The number of hydrogen-bond acceptors (Lipinski definition) is 5. The van der Waals surface area contributed by atoms with E-state index in [1.54, 1.807) is 0 Å². The summed E-state index contributed by atoms with van der Waals surface area (Å²) in [6.45, 7) is 11.2. The van der Waals surface area contributed by atoms with Gasteiger partial charge in [0.25, 0.3) is 0 Å². The molecular formula is C17H28N4O. The van der Waals surface area contributed by atoms with Crippen molar-refractivity contribution in [2.45, 2.75) is 32.7 Å². The van der Waals surface area contributed by atoms with Crippen LogP contribution in [0.5, 0.6) is 0 Å². The first-order valence-corrected chi connectivity index (χ1v) is 8.28. The molecule has 0 saturated carbocycles. The first kappa shape index (κ1) is 16.9. The van der Waals surface area contributed by atoms with Gasteiger partial charge in [-0.25, -0.2) is 9.97 Å². The third kappa shape index (κ3) is 5.39. The molecule has 1 aromatic rings. The van der Waals surface area contributed by atoms with Gasteiger partial charge in [0.1, 0.15) is 0 Å². The fourth-order valence-electron chi connectivity index (χ4n) is 2.63. The van der Waals surface area contributed by atoms with E-state index in [9.17, 15) is 0 Å². The summed E-state index contributed by atoms with van der Waals surface area (Å²) in [5, 5.41) is 3.48. The van der Waals surface area contributed by atoms with E-state index >= 15 is 0 Å². The summed E-state index contributed by atoms with van der Waals surface area (Å²) >= 11 is 0. The summed E-state index contributed by atoms with van der Waals surface area (Å²) in [7, 11) is 0. The van der Waals surface area contributed by atoms with Crippen molar-refractivity contribution in [3.8, 4) is 0 Å². The smallest absolute Gasteiger partial charge is 0.225 e. The number of morpholine rings is 1. The lowest BCUT2D eigenvalue weighted by Gasteiger charge is -2.26. The van der Waals surface area contributed by atoms with Gasteiger partial charge in [0.15, 0.2) is 0 Å². The highest BCUT2D eigenvalue weighted by Crippen LogP contribution is 2.13. The molecule has 1 aliphatic rings. The molecule has 1 aromatic heterocycles. The lowest BCUT2D eigenvalue weighted by atomic mass is 9.99. The Bertz CT molecular complexity index is 429. The molecule has 0 aromatic carbocycles. The van der Waals surface area contributed by atoms with Gasteiger partial charge in [-0.3, -0.25) is 0 Å². The maximum atomic E-state index is 5.34. The number of ether oxygens (including phenoxy) is 1. The molecule has 0 aliphatic carbocycles. The molecule has 1 unspecified atom stereocenters. The lowest BCUT2D eigenvalue weighted by Crippen LogP contribution is -2.37. The van der Waals surface area contributed by atoms with Gasteiger partial charge in [-0.1, -0.05) is 19.4 Å². The average Bonchev–Trinajstić information content (AvgIpc) is 2.59. The van der Waals surface area contributed by atoms with Crippen LogP contribution in [0.15, 0.2) is 25.0 Å². The van der Waals surface area contributed by atoms with Crippen molar-refractivity contribution in [1.29, 1.82) is 0 Å². The van der Waals surface area contributed by atoms with Crippen molar-refractivity contribution in [3.63, 3.8) is 0 Å². The summed E-state index contributed by atoms with van der Waals surface area (Å²) < 4.78 is 5.34. The largest absolute Gasteiger partial charge is 0.378 e. The zero-order valence-corrected chi connectivity index (χ0v) is 13.6. The molecule has 5 nitrogen and oxygen atoms in total. The Balaban J connectivity index is 1.71. The Morgan fingerprint density at radius 1 is 1.36 bits per heavy atom. The fourth-order valence-corrected chi connectivity index (χ4v) is 2.63. The molecule has 122 valence electrons. The van der Waals surface area contributed by atoms with E-state index in [4.69, 9.17) is 4.74 Å². The van der Waals surface area contributed by atoms with Gasteiger partial charge in [0.2, 0.25) is 5.95 Å². The minimum absolute atomic E-state index is 0.741. The average molecular weight is 304 g/mol. The van der Waals surface area contributed by atoms with E-state index in [0.29, 0.717) is 0 Å². The standard InChI is InChI=1S/C17H28N4O/c1-3-5-15(4-2)6-7-18-12-16-13-19-17(20-14-16)21-8-10-22-11-9-21/h3,13-15,18H,1,4-12H2,2H3. The predicted octanol–water partition coefficient (Wildman–Crippen LogP) is 2.40. The van der Waals surface area contributed by atoms with Crippen molar-refractivity contribution >= 4 is 5.95 Å². The molecule has 0 amide bonds. The SMILES string of the molecule is C=CCC(CC)CCNCc1cnc(N2CCOCC2)nc1. The second-order valence-corrected chi connectivity index (χ2v) is 5.75. The maximum absolute atomic E-state index is 5.34. The fraction of sp³-hybridized carbons (Fsp3) is 0.647. The second-order valence-electron chi connectivity index (χ2n) is 5.75. The summed E-state index contributed by atoms with van der Waals surface area (Å²) in [6.07, 6.45) is 9.37. The van der Waals surface area contributed by atoms with Crippen LogP contribution in [0.2, 0.25) is 0 Å². The molecule has 1 saturated heterocycles. The minimum Gasteiger partial charge on any atom is -0.378 e. The molecule has 0 radical (unpaired) electrons. The molecule has 1 fully saturated rings. The zero-order valence-electron chi connectivity index (χ0n) is 13.6. The van der Waals surface area contributed by atoms with Crippen LogP contribution >= 0.6 is 0 Å². The van der Waals surface area contributed by atoms with Crippen molar-refractivity contribution in [1.82, 2.24) is 15.3 Å². The Morgan fingerprint density at radius 3 is 2.73 bits per heavy atom. The highest BCUT2D eigenvalue weighted by atomic mass is 16.5. The summed E-state index contributed by atoms with van der Waals surface area (Å²) in [6, 6.07) is 0. The van der Waals surface area contributed by atoms with Crippen LogP contribution in [-0.4, -0.2) is 42.8 Å². The molecule has 1 aliphatic heterocycles. The van der Waals surface area contributed by atoms with Gasteiger partial charge in [0.05, 0.1) is 13.2 Å². The lowest BCUT2D eigenvalue weighted by molar-refractivity contribution is 0.122. The molecule has 1 N–H and O–H groups in total. The summed E-state index contributed by atoms with van der Waals surface area (Å²) in [5.74, 6) is 1.55. The van der Waals surface area contributed by atoms with Crippen molar-refractivity contribution in [2.24, 2.45) is 5.92 Å². The third-order valence-corrected chi connectivity index (χ3v) is 4.12. The monoisotopic (exact) mass is 304 g/mol. The Hall–Kier alpha value is -1.46. The normalized spacial score (nSPS) is 16.5. The number of nitrogens with one attached hydrogen (secondary N) is 1. The summed E-state index contributed by atoms with van der Waals surface area (Å²) in [5.41, 5.74) is 1.13. The van der Waals surface area contributed by atoms with Crippen LogP contribution in [0, 0.1) is 5.92 Å². The van der Waals surface area contributed by atoms with Crippen LogP contribution in [-0.2, 0) is 11.3 Å².